The molecule has 0 saturated carbocycles. The molecule has 20 heavy (non-hydrogen) atoms. The number of thiophene rings is 1. The van der Waals surface area contributed by atoms with Gasteiger partial charge in [-0.25, -0.2) is 0 Å². The second kappa shape index (κ2) is 4.90. The predicted octanol–water partition coefficient (Wildman–Crippen LogP) is 3.05. The fraction of sp³-hybridized carbons (Fsp3) is 0.333. The van der Waals surface area contributed by atoms with Crippen molar-refractivity contribution in [3.8, 4) is 0 Å². The van der Waals surface area contributed by atoms with Crippen molar-refractivity contribution in [1.82, 2.24) is 0 Å². The molecule has 0 fully saturated rings. The number of hydrogen-bond acceptors (Lipinski definition) is 3. The van der Waals surface area contributed by atoms with Gasteiger partial charge in [-0.1, -0.05) is 6.07 Å². The van der Waals surface area contributed by atoms with Crippen LogP contribution in [0.4, 0.5) is 5.69 Å². The van der Waals surface area contributed by atoms with Crippen LogP contribution in [0.15, 0.2) is 18.2 Å². The minimum Gasteiger partial charge on any atom is -0.481 e. The Labute approximate surface area is 120 Å². The summed E-state index contributed by atoms with van der Waals surface area (Å²) in [4.78, 5) is 23.4. The fourth-order valence-electron chi connectivity index (χ4n) is 2.78. The summed E-state index contributed by atoms with van der Waals surface area (Å²) >= 11 is 1.65. The van der Waals surface area contributed by atoms with Crippen LogP contribution in [0.25, 0.3) is 10.1 Å². The zero-order valence-electron chi connectivity index (χ0n) is 11.1. The first-order valence-electron chi connectivity index (χ1n) is 6.59. The Balaban J connectivity index is 1.99. The normalized spacial score (nSPS) is 17.8. The van der Waals surface area contributed by atoms with E-state index in [1.807, 2.05) is 18.2 Å². The van der Waals surface area contributed by atoms with Gasteiger partial charge in [0.05, 0.1) is 5.92 Å². The van der Waals surface area contributed by atoms with Crippen molar-refractivity contribution >= 4 is 39.0 Å². The molecule has 0 saturated heterocycles. The molecule has 1 aliphatic carbocycles. The Morgan fingerprint density at radius 3 is 2.90 bits per heavy atom. The van der Waals surface area contributed by atoms with Gasteiger partial charge in [0, 0.05) is 22.2 Å². The second-order valence-electron chi connectivity index (χ2n) is 5.17. The molecule has 2 N–H and O–H groups in total. The van der Waals surface area contributed by atoms with E-state index in [1.54, 1.807) is 11.3 Å². The zero-order chi connectivity index (χ0) is 14.3. The Kier molecular flexibility index (Phi) is 3.22. The highest BCUT2D eigenvalue weighted by molar-refractivity contribution is 7.19. The average molecular weight is 289 g/mol. The molecule has 2 aromatic rings. The SMILES string of the molecule is CC(=O)Nc1ccc2c3c(sc2c1)CC(C(=O)O)CC3. The topological polar surface area (TPSA) is 66.4 Å². The van der Waals surface area contributed by atoms with Crippen molar-refractivity contribution in [2.24, 2.45) is 5.92 Å². The summed E-state index contributed by atoms with van der Waals surface area (Å²) in [5.74, 6) is -1.05. The summed E-state index contributed by atoms with van der Waals surface area (Å²) in [5.41, 5.74) is 2.08. The van der Waals surface area contributed by atoms with Crippen LogP contribution in [0.1, 0.15) is 23.8 Å². The first kappa shape index (κ1) is 13.1. The van der Waals surface area contributed by atoms with E-state index in [0.717, 1.165) is 16.8 Å². The average Bonchev–Trinajstić information content (AvgIpc) is 2.74. The lowest BCUT2D eigenvalue weighted by atomic mass is 9.88. The monoisotopic (exact) mass is 289 g/mol. The van der Waals surface area contributed by atoms with Crippen LogP contribution in [0, 0.1) is 5.92 Å². The molecule has 0 spiro atoms. The van der Waals surface area contributed by atoms with E-state index in [1.165, 1.54) is 22.8 Å². The van der Waals surface area contributed by atoms with E-state index < -0.39 is 5.97 Å². The maximum Gasteiger partial charge on any atom is 0.306 e. The summed E-state index contributed by atoms with van der Waals surface area (Å²) in [7, 11) is 0. The molecule has 0 radical (unpaired) electrons. The molecule has 1 atom stereocenters. The second-order valence-corrected chi connectivity index (χ2v) is 6.31. The number of amides is 1. The molecular weight excluding hydrogens is 274 g/mol. The first-order chi connectivity index (χ1) is 9.54. The van der Waals surface area contributed by atoms with Crippen LogP contribution < -0.4 is 5.32 Å². The first-order valence-corrected chi connectivity index (χ1v) is 7.41. The standard InChI is InChI=1S/C15H15NO3S/c1-8(17)16-10-3-5-12-11-4-2-9(15(18)19)6-13(11)20-14(12)7-10/h3,5,7,9H,2,4,6H2,1H3,(H,16,17)(H,18,19). The number of fused-ring (bicyclic) bond motifs is 3. The summed E-state index contributed by atoms with van der Waals surface area (Å²) in [6.07, 6.45) is 2.16. The van der Waals surface area contributed by atoms with Crippen LogP contribution in [0.5, 0.6) is 0 Å². The summed E-state index contributed by atoms with van der Waals surface area (Å²) < 4.78 is 1.12. The smallest absolute Gasteiger partial charge is 0.306 e. The van der Waals surface area contributed by atoms with Gasteiger partial charge in [0.25, 0.3) is 0 Å². The van der Waals surface area contributed by atoms with Crippen molar-refractivity contribution in [2.45, 2.75) is 26.2 Å². The number of carboxylic acid groups (broad SMARTS) is 1. The Hall–Kier alpha value is -1.88. The van der Waals surface area contributed by atoms with E-state index >= 15 is 0 Å². The lowest BCUT2D eigenvalue weighted by Gasteiger charge is -2.18. The Morgan fingerprint density at radius 1 is 1.40 bits per heavy atom. The molecule has 5 heteroatoms. The maximum absolute atomic E-state index is 11.1. The van der Waals surface area contributed by atoms with Gasteiger partial charge < -0.3 is 10.4 Å². The van der Waals surface area contributed by atoms with Crippen molar-refractivity contribution in [3.05, 3.63) is 28.6 Å². The van der Waals surface area contributed by atoms with E-state index in [-0.39, 0.29) is 11.8 Å². The van der Waals surface area contributed by atoms with Crippen LogP contribution >= 0.6 is 11.3 Å². The molecule has 104 valence electrons. The number of hydrogen-bond donors (Lipinski definition) is 2. The number of aliphatic carboxylic acids is 1. The molecule has 1 aromatic carbocycles. The van der Waals surface area contributed by atoms with Crippen molar-refractivity contribution in [3.63, 3.8) is 0 Å². The predicted molar refractivity (Wildman–Crippen MR) is 79.3 cm³/mol. The summed E-state index contributed by atoms with van der Waals surface area (Å²) in [5, 5.41) is 13.1. The quantitative estimate of drug-likeness (QED) is 0.893. The van der Waals surface area contributed by atoms with Gasteiger partial charge in [-0.15, -0.1) is 11.3 Å². The number of carbonyl (C=O) groups excluding carboxylic acids is 1. The number of anilines is 1. The van der Waals surface area contributed by atoms with Crippen molar-refractivity contribution in [2.75, 3.05) is 5.32 Å². The zero-order valence-corrected chi connectivity index (χ0v) is 11.9. The Morgan fingerprint density at radius 2 is 2.20 bits per heavy atom. The summed E-state index contributed by atoms with van der Waals surface area (Å²) in [6, 6.07) is 5.90. The molecule has 1 aromatic heterocycles. The van der Waals surface area contributed by atoms with Gasteiger partial charge >= 0.3 is 5.97 Å². The lowest BCUT2D eigenvalue weighted by molar-refractivity contribution is -0.142. The third kappa shape index (κ3) is 2.29. The van der Waals surface area contributed by atoms with E-state index in [9.17, 15) is 9.59 Å². The number of nitrogens with one attached hydrogen (secondary N) is 1. The molecule has 4 nitrogen and oxygen atoms in total. The van der Waals surface area contributed by atoms with Gasteiger partial charge in [-0.3, -0.25) is 9.59 Å². The number of benzene rings is 1. The third-order valence-corrected chi connectivity index (χ3v) is 4.94. The number of carboxylic acids is 1. The fourth-order valence-corrected chi connectivity index (χ4v) is 4.15. The van der Waals surface area contributed by atoms with Crippen molar-refractivity contribution < 1.29 is 14.7 Å². The largest absolute Gasteiger partial charge is 0.481 e. The minimum absolute atomic E-state index is 0.0865. The van der Waals surface area contributed by atoms with Gasteiger partial charge in [0.1, 0.15) is 0 Å². The highest BCUT2D eigenvalue weighted by Crippen LogP contribution is 2.39. The third-order valence-electron chi connectivity index (χ3n) is 3.72. The van der Waals surface area contributed by atoms with E-state index in [2.05, 4.69) is 5.32 Å². The number of rotatable bonds is 2. The van der Waals surface area contributed by atoms with Gasteiger partial charge in [-0.05, 0) is 42.3 Å². The highest BCUT2D eigenvalue weighted by Gasteiger charge is 2.27. The van der Waals surface area contributed by atoms with Crippen LogP contribution in [-0.2, 0) is 22.4 Å². The van der Waals surface area contributed by atoms with Gasteiger partial charge in [-0.2, -0.15) is 0 Å². The highest BCUT2D eigenvalue weighted by atomic mass is 32.1. The summed E-state index contributed by atoms with van der Waals surface area (Å²) in [6.45, 7) is 1.49. The van der Waals surface area contributed by atoms with Crippen LogP contribution in [0.2, 0.25) is 0 Å². The van der Waals surface area contributed by atoms with Crippen LogP contribution in [-0.4, -0.2) is 17.0 Å². The maximum atomic E-state index is 11.1. The molecule has 1 amide bonds. The van der Waals surface area contributed by atoms with Crippen molar-refractivity contribution in [1.29, 1.82) is 0 Å². The number of aryl methyl sites for hydroxylation is 1. The molecule has 3 rings (SSSR count). The van der Waals surface area contributed by atoms with Gasteiger partial charge in [0.2, 0.25) is 5.91 Å². The molecule has 1 unspecified atom stereocenters. The molecule has 0 bridgehead atoms. The minimum atomic E-state index is -0.702. The number of carbonyl (C=O) groups is 2. The van der Waals surface area contributed by atoms with E-state index in [0.29, 0.717) is 12.8 Å². The van der Waals surface area contributed by atoms with Gasteiger partial charge in [0.15, 0.2) is 0 Å². The van der Waals surface area contributed by atoms with Crippen LogP contribution in [0.3, 0.4) is 0 Å². The molecule has 0 aliphatic heterocycles. The lowest BCUT2D eigenvalue weighted by Crippen LogP contribution is -2.20. The molecule has 1 heterocycles. The Bertz CT molecular complexity index is 704. The molecule has 1 aliphatic rings. The van der Waals surface area contributed by atoms with E-state index in [4.69, 9.17) is 5.11 Å². The molecular formula is C15H15NO3S.